The topological polar surface area (TPSA) is 64.4 Å². The molecule has 2 aromatic rings. The van der Waals surface area contributed by atoms with Crippen LogP contribution in [-0.2, 0) is 6.54 Å². The third kappa shape index (κ3) is 2.92. The molecule has 0 heterocycles. The molecule has 2 aromatic carbocycles. The summed E-state index contributed by atoms with van der Waals surface area (Å²) in [5, 5.41) is 13.9. The first-order valence-electron chi connectivity index (χ1n) is 5.96. The normalized spacial score (nSPS) is 10.3. The van der Waals surface area contributed by atoms with E-state index in [1.807, 2.05) is 6.07 Å². The molecule has 20 heavy (non-hydrogen) atoms. The summed E-state index contributed by atoms with van der Waals surface area (Å²) < 4.78 is 19.2. The molecule has 104 valence electrons. The molecule has 0 aliphatic carbocycles. The van der Waals surface area contributed by atoms with Gasteiger partial charge in [0.05, 0.1) is 4.92 Å². The number of hydrogen-bond acceptors (Lipinski definition) is 4. The molecule has 0 atom stereocenters. The van der Waals surface area contributed by atoms with Crippen molar-refractivity contribution in [2.24, 2.45) is 0 Å². The van der Waals surface area contributed by atoms with Gasteiger partial charge in [0.1, 0.15) is 5.75 Å². The van der Waals surface area contributed by atoms with Gasteiger partial charge in [-0.25, -0.2) is 4.39 Å². The van der Waals surface area contributed by atoms with Gasteiger partial charge in [-0.15, -0.1) is 0 Å². The molecule has 0 fully saturated rings. The van der Waals surface area contributed by atoms with Crippen molar-refractivity contribution in [1.82, 2.24) is 5.32 Å². The molecular formula is C14H13FN2O3. The zero-order chi connectivity index (χ0) is 14.5. The van der Waals surface area contributed by atoms with Crippen molar-refractivity contribution in [3.05, 3.63) is 64.0 Å². The summed E-state index contributed by atoms with van der Waals surface area (Å²) in [6.45, 7) is 0.512. The highest BCUT2D eigenvalue weighted by Crippen LogP contribution is 2.35. The van der Waals surface area contributed by atoms with E-state index in [9.17, 15) is 14.5 Å². The van der Waals surface area contributed by atoms with E-state index in [4.69, 9.17) is 4.74 Å². The second kappa shape index (κ2) is 6.12. The van der Waals surface area contributed by atoms with Crippen LogP contribution in [0.25, 0.3) is 0 Å². The second-order valence-electron chi connectivity index (χ2n) is 4.09. The maximum Gasteiger partial charge on any atom is 0.314 e. The summed E-state index contributed by atoms with van der Waals surface area (Å²) >= 11 is 0. The van der Waals surface area contributed by atoms with Crippen molar-refractivity contribution in [3.63, 3.8) is 0 Å². The first-order chi connectivity index (χ1) is 9.63. The molecule has 0 bridgehead atoms. The van der Waals surface area contributed by atoms with Crippen molar-refractivity contribution in [2.45, 2.75) is 6.54 Å². The number of benzene rings is 2. The minimum atomic E-state index is -0.765. The summed E-state index contributed by atoms with van der Waals surface area (Å²) in [7, 11) is 1.77. The van der Waals surface area contributed by atoms with Crippen molar-refractivity contribution in [2.75, 3.05) is 7.05 Å². The third-order valence-electron chi connectivity index (χ3n) is 2.69. The summed E-state index contributed by atoms with van der Waals surface area (Å²) in [6, 6.07) is 10.6. The predicted molar refractivity (Wildman–Crippen MR) is 72.3 cm³/mol. The van der Waals surface area contributed by atoms with Crippen molar-refractivity contribution in [3.8, 4) is 11.5 Å². The predicted octanol–water partition coefficient (Wildman–Crippen LogP) is 3.25. The first kappa shape index (κ1) is 14.0. The Balaban J connectivity index is 2.42. The Morgan fingerprint density at radius 1 is 1.25 bits per heavy atom. The second-order valence-corrected chi connectivity index (χ2v) is 4.09. The molecule has 0 radical (unpaired) electrons. The van der Waals surface area contributed by atoms with E-state index >= 15 is 0 Å². The van der Waals surface area contributed by atoms with E-state index < -0.39 is 16.4 Å². The fourth-order valence-electron chi connectivity index (χ4n) is 1.79. The third-order valence-corrected chi connectivity index (χ3v) is 2.69. The van der Waals surface area contributed by atoms with E-state index in [1.54, 1.807) is 25.2 Å². The molecule has 0 saturated heterocycles. The molecule has 0 spiro atoms. The molecule has 0 unspecified atom stereocenters. The van der Waals surface area contributed by atoms with Gasteiger partial charge in [0, 0.05) is 18.2 Å². The zero-order valence-corrected chi connectivity index (χ0v) is 10.8. The lowest BCUT2D eigenvalue weighted by atomic mass is 10.2. The van der Waals surface area contributed by atoms with Gasteiger partial charge in [0.2, 0.25) is 5.75 Å². The maximum absolute atomic E-state index is 13.8. The van der Waals surface area contributed by atoms with Gasteiger partial charge >= 0.3 is 5.69 Å². The van der Waals surface area contributed by atoms with E-state index in [0.717, 1.165) is 11.6 Å². The standard InChI is InChI=1S/C14H13FN2O3/c1-16-9-10-5-2-3-8-13(10)20-14-11(15)6-4-7-12(14)17(18)19/h2-8,16H,9H2,1H3. The molecule has 1 N–H and O–H groups in total. The molecule has 0 amide bonds. The van der Waals surface area contributed by atoms with Crippen LogP contribution in [0.4, 0.5) is 10.1 Å². The number of nitrogens with zero attached hydrogens (tertiary/aromatic N) is 1. The number of halogens is 1. The number of para-hydroxylation sites is 2. The van der Waals surface area contributed by atoms with Crippen LogP contribution in [0.5, 0.6) is 11.5 Å². The Kier molecular flexibility index (Phi) is 4.27. The number of rotatable bonds is 5. The van der Waals surface area contributed by atoms with E-state index in [2.05, 4.69) is 5.32 Å². The van der Waals surface area contributed by atoms with Gasteiger partial charge in [-0.3, -0.25) is 10.1 Å². The Labute approximate surface area is 115 Å². The summed E-state index contributed by atoms with van der Waals surface area (Å²) in [5.74, 6) is -0.755. The fraction of sp³-hybridized carbons (Fsp3) is 0.143. The monoisotopic (exact) mass is 276 g/mol. The van der Waals surface area contributed by atoms with Crippen LogP contribution in [0, 0.1) is 15.9 Å². The molecule has 0 saturated carbocycles. The summed E-state index contributed by atoms with van der Waals surface area (Å²) in [5.41, 5.74) is 0.386. The Bertz CT molecular complexity index is 632. The van der Waals surface area contributed by atoms with Crippen LogP contribution >= 0.6 is 0 Å². The van der Waals surface area contributed by atoms with Gasteiger partial charge in [0.25, 0.3) is 0 Å². The van der Waals surface area contributed by atoms with Gasteiger partial charge in [-0.2, -0.15) is 0 Å². The zero-order valence-electron chi connectivity index (χ0n) is 10.8. The van der Waals surface area contributed by atoms with Gasteiger partial charge in [0.15, 0.2) is 5.82 Å². The highest BCUT2D eigenvalue weighted by atomic mass is 19.1. The SMILES string of the molecule is CNCc1ccccc1Oc1c(F)cccc1[N+](=O)[O-]. The van der Waals surface area contributed by atoms with Crippen LogP contribution in [0.3, 0.4) is 0 Å². The summed E-state index contributed by atoms with van der Waals surface area (Å²) in [4.78, 5) is 10.3. The number of nitro groups is 1. The smallest absolute Gasteiger partial charge is 0.314 e. The van der Waals surface area contributed by atoms with Crippen LogP contribution in [-0.4, -0.2) is 12.0 Å². The molecule has 0 aliphatic rings. The Hall–Kier alpha value is -2.47. The molecule has 6 heteroatoms. The lowest BCUT2D eigenvalue weighted by Crippen LogP contribution is -2.06. The maximum atomic E-state index is 13.8. The molecule has 5 nitrogen and oxygen atoms in total. The molecule has 0 aromatic heterocycles. The average molecular weight is 276 g/mol. The van der Waals surface area contributed by atoms with Crippen LogP contribution in [0.1, 0.15) is 5.56 Å². The van der Waals surface area contributed by atoms with Crippen molar-refractivity contribution >= 4 is 5.69 Å². The van der Waals surface area contributed by atoms with E-state index in [-0.39, 0.29) is 5.75 Å². The van der Waals surface area contributed by atoms with E-state index in [1.165, 1.54) is 12.1 Å². The highest BCUT2D eigenvalue weighted by molar-refractivity contribution is 5.50. The van der Waals surface area contributed by atoms with Gasteiger partial charge in [-0.1, -0.05) is 24.3 Å². The number of nitrogens with one attached hydrogen (secondary N) is 1. The molecule has 2 rings (SSSR count). The largest absolute Gasteiger partial charge is 0.447 e. The molecule has 0 aliphatic heterocycles. The van der Waals surface area contributed by atoms with Crippen LogP contribution in [0.15, 0.2) is 42.5 Å². The fourth-order valence-corrected chi connectivity index (χ4v) is 1.79. The molecular weight excluding hydrogens is 263 g/mol. The number of nitro benzene ring substituents is 1. The minimum absolute atomic E-state index is 0.374. The van der Waals surface area contributed by atoms with E-state index in [0.29, 0.717) is 12.3 Å². The number of hydrogen-bond donors (Lipinski definition) is 1. The van der Waals surface area contributed by atoms with Gasteiger partial charge in [-0.05, 0) is 19.2 Å². The quantitative estimate of drug-likeness (QED) is 0.672. The number of ether oxygens (including phenoxy) is 1. The summed E-state index contributed by atoms with van der Waals surface area (Å²) in [6.07, 6.45) is 0. The Morgan fingerprint density at radius 3 is 2.70 bits per heavy atom. The van der Waals surface area contributed by atoms with Crippen LogP contribution in [0.2, 0.25) is 0 Å². The highest BCUT2D eigenvalue weighted by Gasteiger charge is 2.20. The first-order valence-corrected chi connectivity index (χ1v) is 5.96. The Morgan fingerprint density at radius 2 is 2.00 bits per heavy atom. The lowest BCUT2D eigenvalue weighted by Gasteiger charge is -2.11. The average Bonchev–Trinajstić information content (AvgIpc) is 2.43. The minimum Gasteiger partial charge on any atom is -0.447 e. The van der Waals surface area contributed by atoms with Crippen LogP contribution < -0.4 is 10.1 Å². The lowest BCUT2D eigenvalue weighted by molar-refractivity contribution is -0.385. The van der Waals surface area contributed by atoms with Crippen molar-refractivity contribution in [1.29, 1.82) is 0 Å². The van der Waals surface area contributed by atoms with Gasteiger partial charge < -0.3 is 10.1 Å². The van der Waals surface area contributed by atoms with Crippen molar-refractivity contribution < 1.29 is 14.1 Å².